The van der Waals surface area contributed by atoms with Gasteiger partial charge in [0, 0.05) is 68.9 Å². The number of aromatic nitrogens is 5. The lowest BCUT2D eigenvalue weighted by molar-refractivity contribution is -0.193. The van der Waals surface area contributed by atoms with Gasteiger partial charge in [0.1, 0.15) is 0 Å². The zero-order valence-electron chi connectivity index (χ0n) is 22.2. The molecule has 4 heterocycles. The molecule has 1 aromatic carbocycles. The lowest BCUT2D eigenvalue weighted by Crippen LogP contribution is -2.46. The van der Waals surface area contributed by atoms with Crippen molar-refractivity contribution >= 4 is 35.0 Å². The highest BCUT2D eigenvalue weighted by Gasteiger charge is 2.38. The van der Waals surface area contributed by atoms with Crippen molar-refractivity contribution in [2.45, 2.75) is 18.9 Å². The lowest BCUT2D eigenvalue weighted by atomic mass is 10.2. The topological polar surface area (TPSA) is 129 Å². The van der Waals surface area contributed by atoms with Crippen LogP contribution < -0.4 is 4.90 Å². The molecule has 11 nitrogen and oxygen atoms in total. The summed E-state index contributed by atoms with van der Waals surface area (Å²) in [6.45, 7) is 4.62. The number of carboxylic acids is 2. The standard InChI is InChI=1S/C21H22ClN7.2C2HF3O2/c1-26-14-17(12-25-26)19-13-24-21-20(23-6-7-29(19)21)28-10-8-27(9-11-28)15-16-4-2-3-5-18(16)22;2*3-2(4,5)1(6)7/h2-7,12-14H,8-11,15H2,1H3;2*(H,6,7). The van der Waals surface area contributed by atoms with Crippen LogP contribution in [0.4, 0.5) is 32.2 Å². The molecule has 232 valence electrons. The van der Waals surface area contributed by atoms with Crippen molar-refractivity contribution in [3.63, 3.8) is 0 Å². The minimum absolute atomic E-state index is 0.835. The van der Waals surface area contributed by atoms with Crippen LogP contribution in [0.25, 0.3) is 16.9 Å². The highest BCUT2D eigenvalue weighted by atomic mass is 35.5. The molecule has 0 unspecified atom stereocenters. The molecule has 0 atom stereocenters. The van der Waals surface area contributed by atoms with E-state index >= 15 is 0 Å². The first-order valence-corrected chi connectivity index (χ1v) is 12.6. The average molecular weight is 636 g/mol. The minimum Gasteiger partial charge on any atom is -0.475 e. The lowest BCUT2D eigenvalue weighted by Gasteiger charge is -2.35. The van der Waals surface area contributed by atoms with Crippen molar-refractivity contribution in [2.24, 2.45) is 7.05 Å². The van der Waals surface area contributed by atoms with Crippen molar-refractivity contribution in [1.29, 1.82) is 0 Å². The summed E-state index contributed by atoms with van der Waals surface area (Å²) in [4.78, 5) is 31.9. The molecule has 4 aromatic rings. The summed E-state index contributed by atoms with van der Waals surface area (Å²) in [7, 11) is 1.92. The number of halogens is 7. The van der Waals surface area contributed by atoms with Gasteiger partial charge in [-0.25, -0.2) is 19.6 Å². The third kappa shape index (κ3) is 9.05. The first-order chi connectivity index (χ1) is 20.1. The Balaban J connectivity index is 0.000000303. The van der Waals surface area contributed by atoms with E-state index in [4.69, 9.17) is 31.4 Å². The quantitative estimate of drug-likeness (QED) is 0.314. The molecule has 1 aliphatic rings. The fourth-order valence-corrected chi connectivity index (χ4v) is 4.08. The number of imidazole rings is 1. The van der Waals surface area contributed by atoms with E-state index in [1.807, 2.05) is 56.2 Å². The van der Waals surface area contributed by atoms with Crippen LogP contribution in [0, 0.1) is 0 Å². The molecule has 1 saturated heterocycles. The molecule has 3 aromatic heterocycles. The molecule has 5 rings (SSSR count). The van der Waals surface area contributed by atoms with Crippen LogP contribution in [0.1, 0.15) is 5.56 Å². The number of aryl methyl sites for hydroxylation is 1. The number of alkyl halides is 6. The molecule has 0 spiro atoms. The largest absolute Gasteiger partial charge is 0.490 e. The Bertz CT molecular complexity index is 1520. The normalized spacial score (nSPS) is 14.0. The van der Waals surface area contributed by atoms with E-state index in [1.54, 1.807) is 4.68 Å². The monoisotopic (exact) mass is 635 g/mol. The number of anilines is 1. The summed E-state index contributed by atoms with van der Waals surface area (Å²) < 4.78 is 67.4. The number of rotatable bonds is 4. The summed E-state index contributed by atoms with van der Waals surface area (Å²) >= 11 is 6.32. The van der Waals surface area contributed by atoms with Gasteiger partial charge in [0.05, 0.1) is 18.1 Å². The Morgan fingerprint density at radius 2 is 1.51 bits per heavy atom. The molecule has 0 saturated carbocycles. The van der Waals surface area contributed by atoms with Gasteiger partial charge >= 0.3 is 24.3 Å². The average Bonchev–Trinajstić information content (AvgIpc) is 3.56. The first-order valence-electron chi connectivity index (χ1n) is 12.2. The number of carboxylic acid groups (broad SMARTS) is 2. The molecule has 0 radical (unpaired) electrons. The molecule has 43 heavy (non-hydrogen) atoms. The van der Waals surface area contributed by atoms with Crippen molar-refractivity contribution in [1.82, 2.24) is 29.0 Å². The van der Waals surface area contributed by atoms with E-state index in [0.717, 1.165) is 60.5 Å². The van der Waals surface area contributed by atoms with Crippen LogP contribution in [0.2, 0.25) is 5.02 Å². The SMILES string of the molecule is Cn1cc(-c2cnc3c(N4CCN(Cc5ccccc5Cl)CC4)nccn23)cn1.O=C(O)C(F)(F)F.O=C(O)C(F)(F)F. The second-order valence-corrected chi connectivity index (χ2v) is 9.36. The van der Waals surface area contributed by atoms with Crippen molar-refractivity contribution in [3.8, 4) is 11.3 Å². The second kappa shape index (κ2) is 13.7. The van der Waals surface area contributed by atoms with Crippen molar-refractivity contribution in [2.75, 3.05) is 31.1 Å². The number of hydrogen-bond donors (Lipinski definition) is 2. The van der Waals surface area contributed by atoms with E-state index < -0.39 is 24.3 Å². The van der Waals surface area contributed by atoms with Gasteiger partial charge in [0.2, 0.25) is 0 Å². The number of piperazine rings is 1. The summed E-state index contributed by atoms with van der Waals surface area (Å²) in [6, 6.07) is 8.07. The zero-order valence-corrected chi connectivity index (χ0v) is 23.0. The zero-order chi connectivity index (χ0) is 31.9. The fourth-order valence-electron chi connectivity index (χ4n) is 3.88. The van der Waals surface area contributed by atoms with Crippen LogP contribution in [-0.4, -0.2) is 89.7 Å². The van der Waals surface area contributed by atoms with Gasteiger partial charge < -0.3 is 15.1 Å². The van der Waals surface area contributed by atoms with Gasteiger partial charge in [-0.3, -0.25) is 14.0 Å². The first kappa shape index (κ1) is 33.1. The Morgan fingerprint density at radius 3 is 2.02 bits per heavy atom. The van der Waals surface area contributed by atoms with E-state index in [-0.39, 0.29) is 0 Å². The van der Waals surface area contributed by atoms with Crippen LogP contribution >= 0.6 is 11.6 Å². The number of fused-ring (bicyclic) bond motifs is 1. The highest BCUT2D eigenvalue weighted by Crippen LogP contribution is 2.26. The summed E-state index contributed by atoms with van der Waals surface area (Å²) in [5.41, 5.74) is 4.12. The highest BCUT2D eigenvalue weighted by molar-refractivity contribution is 6.31. The van der Waals surface area contributed by atoms with Crippen LogP contribution in [0.5, 0.6) is 0 Å². The number of aliphatic carboxylic acids is 2. The third-order valence-corrected chi connectivity index (χ3v) is 6.29. The predicted molar refractivity (Wildman–Crippen MR) is 142 cm³/mol. The summed E-state index contributed by atoms with van der Waals surface area (Å²) in [5, 5.41) is 19.4. The minimum atomic E-state index is -5.08. The van der Waals surface area contributed by atoms with Crippen molar-refractivity contribution < 1.29 is 46.1 Å². The number of benzene rings is 1. The van der Waals surface area contributed by atoms with Crippen molar-refractivity contribution in [3.05, 3.63) is 65.8 Å². The van der Waals surface area contributed by atoms with Gasteiger partial charge in [0.15, 0.2) is 11.5 Å². The maximum Gasteiger partial charge on any atom is 0.490 e. The van der Waals surface area contributed by atoms with Gasteiger partial charge in [-0.15, -0.1) is 0 Å². The number of hydrogen-bond acceptors (Lipinski definition) is 7. The number of nitrogens with zero attached hydrogens (tertiary/aromatic N) is 7. The van der Waals surface area contributed by atoms with Gasteiger partial charge in [0.25, 0.3) is 0 Å². The Hall–Kier alpha value is -4.38. The Morgan fingerprint density at radius 1 is 0.930 bits per heavy atom. The molecule has 0 aliphatic carbocycles. The van der Waals surface area contributed by atoms with E-state index in [9.17, 15) is 26.3 Å². The summed E-state index contributed by atoms with van der Waals surface area (Å²) in [6.07, 6.45) is -0.610. The van der Waals surface area contributed by atoms with Gasteiger partial charge in [-0.05, 0) is 11.6 Å². The summed E-state index contributed by atoms with van der Waals surface area (Å²) in [5.74, 6) is -4.58. The Kier molecular flexibility index (Phi) is 10.6. The third-order valence-electron chi connectivity index (χ3n) is 5.92. The van der Waals surface area contributed by atoms with E-state index in [1.165, 1.54) is 5.56 Å². The predicted octanol–water partition coefficient (Wildman–Crippen LogP) is 4.37. The van der Waals surface area contributed by atoms with Crippen LogP contribution in [0.3, 0.4) is 0 Å². The van der Waals surface area contributed by atoms with Gasteiger partial charge in [-0.1, -0.05) is 29.8 Å². The number of carbonyl (C=O) groups is 2. The molecule has 18 heteroatoms. The smallest absolute Gasteiger partial charge is 0.475 e. The Labute approximate surface area is 244 Å². The molecule has 1 aliphatic heterocycles. The van der Waals surface area contributed by atoms with Crippen LogP contribution in [0.15, 0.2) is 55.2 Å². The van der Waals surface area contributed by atoms with E-state index in [0.29, 0.717) is 0 Å². The maximum atomic E-state index is 10.6. The van der Waals surface area contributed by atoms with Gasteiger partial charge in [-0.2, -0.15) is 31.4 Å². The molecular formula is C25H24ClF6N7O4. The molecule has 0 bridgehead atoms. The second-order valence-electron chi connectivity index (χ2n) is 8.95. The molecular weight excluding hydrogens is 612 g/mol. The molecule has 1 fully saturated rings. The fraction of sp³-hybridized carbons (Fsp3) is 0.320. The molecule has 2 N–H and O–H groups in total. The molecule has 0 amide bonds. The maximum absolute atomic E-state index is 10.6. The van der Waals surface area contributed by atoms with E-state index in [2.05, 4.69) is 35.3 Å². The van der Waals surface area contributed by atoms with Crippen LogP contribution in [-0.2, 0) is 23.2 Å².